The molecule has 0 N–H and O–H groups in total. The van der Waals surface area contributed by atoms with Crippen LogP contribution in [0, 0.1) is 5.92 Å². The van der Waals surface area contributed by atoms with Gasteiger partial charge >= 0.3 is 0 Å². The summed E-state index contributed by atoms with van der Waals surface area (Å²) in [4.78, 5) is 14.6. The van der Waals surface area contributed by atoms with Crippen LogP contribution in [0.1, 0.15) is 57.5 Å². The number of carbonyl (C=O) groups excluding carboxylic acids is 1. The van der Waals surface area contributed by atoms with E-state index in [1.165, 1.54) is 0 Å². The average molecular weight is 357 g/mol. The SMILES string of the molecule is CC(C)(C)c1ccc2nnc(C3CCN(C(=O)C4CCOC4)CC3)n2n1. The number of nitrogens with zero attached hydrogens (tertiary/aromatic N) is 5. The van der Waals surface area contributed by atoms with Gasteiger partial charge in [-0.1, -0.05) is 20.8 Å². The predicted octanol–water partition coefficient (Wildman–Crippen LogP) is 2.16. The van der Waals surface area contributed by atoms with Crippen molar-refractivity contribution >= 4 is 11.6 Å². The summed E-state index contributed by atoms with van der Waals surface area (Å²) in [6.07, 6.45) is 2.66. The fourth-order valence-corrected chi connectivity index (χ4v) is 3.81. The molecule has 0 spiro atoms. The van der Waals surface area contributed by atoms with Crippen molar-refractivity contribution in [2.75, 3.05) is 26.3 Å². The molecule has 140 valence electrons. The molecular formula is C19H27N5O2. The number of likely N-dealkylation sites (tertiary alicyclic amines) is 1. The molecule has 0 aromatic carbocycles. The summed E-state index contributed by atoms with van der Waals surface area (Å²) in [7, 11) is 0. The minimum absolute atomic E-state index is 0.0190. The van der Waals surface area contributed by atoms with Gasteiger partial charge < -0.3 is 9.64 Å². The lowest BCUT2D eigenvalue weighted by molar-refractivity contribution is -0.136. The number of fused-ring (bicyclic) bond motifs is 1. The van der Waals surface area contributed by atoms with Gasteiger partial charge in [-0.2, -0.15) is 9.61 Å². The van der Waals surface area contributed by atoms with Gasteiger partial charge in [0.1, 0.15) is 0 Å². The normalized spacial score (nSPS) is 22.3. The molecule has 4 rings (SSSR count). The van der Waals surface area contributed by atoms with Crippen LogP contribution >= 0.6 is 0 Å². The van der Waals surface area contributed by atoms with Gasteiger partial charge in [0.05, 0.1) is 18.2 Å². The zero-order chi connectivity index (χ0) is 18.3. The molecule has 26 heavy (non-hydrogen) atoms. The van der Waals surface area contributed by atoms with E-state index >= 15 is 0 Å². The number of piperidine rings is 1. The maximum atomic E-state index is 12.6. The second-order valence-corrected chi connectivity index (χ2v) is 8.46. The van der Waals surface area contributed by atoms with Gasteiger partial charge in [0.2, 0.25) is 5.91 Å². The van der Waals surface area contributed by atoms with E-state index in [0.29, 0.717) is 13.2 Å². The molecule has 2 aliphatic heterocycles. The molecule has 2 aliphatic rings. The highest BCUT2D eigenvalue weighted by Gasteiger charge is 2.32. The fourth-order valence-electron chi connectivity index (χ4n) is 3.81. The second kappa shape index (κ2) is 6.61. The van der Waals surface area contributed by atoms with Crippen LogP contribution in [-0.4, -0.2) is 56.9 Å². The minimum atomic E-state index is -0.0190. The Morgan fingerprint density at radius 3 is 2.58 bits per heavy atom. The Balaban J connectivity index is 1.49. The summed E-state index contributed by atoms with van der Waals surface area (Å²) < 4.78 is 7.25. The number of carbonyl (C=O) groups is 1. The van der Waals surface area contributed by atoms with Crippen LogP contribution in [0.4, 0.5) is 0 Å². The molecule has 1 atom stereocenters. The maximum absolute atomic E-state index is 12.6. The summed E-state index contributed by atoms with van der Waals surface area (Å²) in [5, 5.41) is 13.5. The topological polar surface area (TPSA) is 72.6 Å². The Hall–Kier alpha value is -2.02. The van der Waals surface area contributed by atoms with E-state index in [9.17, 15) is 4.79 Å². The molecule has 0 radical (unpaired) electrons. The number of hydrogen-bond acceptors (Lipinski definition) is 5. The van der Waals surface area contributed by atoms with Crippen LogP contribution in [0.15, 0.2) is 12.1 Å². The lowest BCUT2D eigenvalue weighted by Gasteiger charge is -2.32. The Morgan fingerprint density at radius 1 is 1.15 bits per heavy atom. The maximum Gasteiger partial charge on any atom is 0.228 e. The van der Waals surface area contributed by atoms with Crippen molar-refractivity contribution in [3.05, 3.63) is 23.7 Å². The molecule has 1 amide bonds. The van der Waals surface area contributed by atoms with Gasteiger partial charge in [0, 0.05) is 31.0 Å². The minimum Gasteiger partial charge on any atom is -0.381 e. The Labute approximate surface area is 153 Å². The third-order valence-corrected chi connectivity index (χ3v) is 5.51. The van der Waals surface area contributed by atoms with Crippen molar-refractivity contribution < 1.29 is 9.53 Å². The molecule has 0 saturated carbocycles. The number of hydrogen-bond donors (Lipinski definition) is 0. The summed E-state index contributed by atoms with van der Waals surface area (Å²) in [6.45, 7) is 9.29. The Kier molecular flexibility index (Phi) is 4.42. The molecule has 1 unspecified atom stereocenters. The van der Waals surface area contributed by atoms with Crippen molar-refractivity contribution in [3.8, 4) is 0 Å². The lowest BCUT2D eigenvalue weighted by atomic mass is 9.92. The predicted molar refractivity (Wildman–Crippen MR) is 97.0 cm³/mol. The fraction of sp³-hybridized carbons (Fsp3) is 0.684. The van der Waals surface area contributed by atoms with Gasteiger partial charge in [0.15, 0.2) is 11.5 Å². The molecule has 7 nitrogen and oxygen atoms in total. The molecule has 2 saturated heterocycles. The molecule has 7 heteroatoms. The molecule has 2 aromatic heterocycles. The van der Waals surface area contributed by atoms with E-state index in [4.69, 9.17) is 9.84 Å². The Morgan fingerprint density at radius 2 is 1.92 bits per heavy atom. The summed E-state index contributed by atoms with van der Waals surface area (Å²) in [5.74, 6) is 1.51. The third-order valence-electron chi connectivity index (χ3n) is 5.51. The average Bonchev–Trinajstić information content (AvgIpc) is 3.30. The monoisotopic (exact) mass is 357 g/mol. The van der Waals surface area contributed by atoms with Gasteiger partial charge in [-0.3, -0.25) is 4.79 Å². The van der Waals surface area contributed by atoms with Crippen LogP contribution in [0.25, 0.3) is 5.65 Å². The highest BCUT2D eigenvalue weighted by molar-refractivity contribution is 5.79. The van der Waals surface area contributed by atoms with E-state index in [1.807, 2.05) is 21.5 Å². The van der Waals surface area contributed by atoms with Gasteiger partial charge in [0.25, 0.3) is 0 Å². The summed E-state index contributed by atoms with van der Waals surface area (Å²) in [5.41, 5.74) is 1.80. The van der Waals surface area contributed by atoms with Crippen LogP contribution in [0.3, 0.4) is 0 Å². The molecular weight excluding hydrogens is 330 g/mol. The van der Waals surface area contributed by atoms with E-state index in [1.54, 1.807) is 0 Å². The van der Waals surface area contributed by atoms with E-state index in [2.05, 4.69) is 31.0 Å². The molecule has 4 heterocycles. The molecule has 2 fully saturated rings. The van der Waals surface area contributed by atoms with E-state index in [-0.39, 0.29) is 23.2 Å². The first kappa shape index (κ1) is 17.4. The van der Waals surface area contributed by atoms with Gasteiger partial charge in [-0.15, -0.1) is 10.2 Å². The number of amides is 1. The molecule has 0 bridgehead atoms. The highest BCUT2D eigenvalue weighted by Crippen LogP contribution is 2.29. The van der Waals surface area contributed by atoms with Crippen molar-refractivity contribution in [3.63, 3.8) is 0 Å². The van der Waals surface area contributed by atoms with Gasteiger partial charge in [-0.25, -0.2) is 0 Å². The third kappa shape index (κ3) is 3.20. The standard InChI is InChI=1S/C19H27N5O2/c1-19(2,3)15-4-5-16-20-21-17(24(16)22-15)13-6-9-23(10-7-13)18(25)14-8-11-26-12-14/h4-5,13-14H,6-12H2,1-3H3. The summed E-state index contributed by atoms with van der Waals surface area (Å²) in [6, 6.07) is 4.02. The lowest BCUT2D eigenvalue weighted by Crippen LogP contribution is -2.41. The van der Waals surface area contributed by atoms with E-state index in [0.717, 1.165) is 49.5 Å². The van der Waals surface area contributed by atoms with Crippen LogP contribution < -0.4 is 0 Å². The van der Waals surface area contributed by atoms with Crippen molar-refractivity contribution in [2.24, 2.45) is 5.92 Å². The zero-order valence-electron chi connectivity index (χ0n) is 15.8. The first-order valence-corrected chi connectivity index (χ1v) is 9.53. The number of ether oxygens (including phenoxy) is 1. The largest absolute Gasteiger partial charge is 0.381 e. The molecule has 0 aliphatic carbocycles. The zero-order valence-corrected chi connectivity index (χ0v) is 15.8. The van der Waals surface area contributed by atoms with E-state index < -0.39 is 0 Å². The summed E-state index contributed by atoms with van der Waals surface area (Å²) >= 11 is 0. The van der Waals surface area contributed by atoms with Gasteiger partial charge in [-0.05, 0) is 31.4 Å². The van der Waals surface area contributed by atoms with Crippen LogP contribution in [0.2, 0.25) is 0 Å². The number of aromatic nitrogens is 4. The quantitative estimate of drug-likeness (QED) is 0.824. The van der Waals surface area contributed by atoms with Crippen molar-refractivity contribution in [2.45, 2.75) is 51.4 Å². The van der Waals surface area contributed by atoms with Crippen molar-refractivity contribution in [1.82, 2.24) is 24.7 Å². The molecule has 2 aromatic rings. The first-order valence-electron chi connectivity index (χ1n) is 9.53. The van der Waals surface area contributed by atoms with Crippen LogP contribution in [0.5, 0.6) is 0 Å². The smallest absolute Gasteiger partial charge is 0.228 e. The first-order chi connectivity index (χ1) is 12.4. The number of rotatable bonds is 2. The Bertz CT molecular complexity index is 796. The highest BCUT2D eigenvalue weighted by atomic mass is 16.5. The van der Waals surface area contributed by atoms with Crippen molar-refractivity contribution in [1.29, 1.82) is 0 Å². The second-order valence-electron chi connectivity index (χ2n) is 8.46. The van der Waals surface area contributed by atoms with Crippen LogP contribution in [-0.2, 0) is 14.9 Å².